The highest BCUT2D eigenvalue weighted by atomic mass is 16.6. The lowest BCUT2D eigenvalue weighted by Crippen LogP contribution is -2.56. The number of ether oxygens (including phenoxy) is 1. The van der Waals surface area contributed by atoms with E-state index in [1.165, 1.54) is 6.92 Å². The van der Waals surface area contributed by atoms with Crippen molar-refractivity contribution < 1.29 is 19.7 Å². The summed E-state index contributed by atoms with van der Waals surface area (Å²) in [5.74, 6) is 4.46. The quantitative estimate of drug-likeness (QED) is 0.567. The summed E-state index contributed by atoms with van der Waals surface area (Å²) in [6, 6.07) is 0. The van der Waals surface area contributed by atoms with Crippen molar-refractivity contribution in [3.63, 3.8) is 0 Å². The second-order valence-corrected chi connectivity index (χ2v) is 5.65. The Bertz CT molecular complexity index is 419. The normalized spacial score (nSPS) is 32.7. The van der Waals surface area contributed by atoms with Gasteiger partial charge in [0.1, 0.15) is 12.2 Å². The van der Waals surface area contributed by atoms with Gasteiger partial charge in [0.15, 0.2) is 0 Å². The van der Waals surface area contributed by atoms with Gasteiger partial charge in [-0.2, -0.15) is 0 Å². The molecule has 3 unspecified atom stereocenters. The van der Waals surface area contributed by atoms with Crippen LogP contribution in [0.3, 0.4) is 0 Å². The van der Waals surface area contributed by atoms with Crippen LogP contribution in [0.2, 0.25) is 0 Å². The van der Waals surface area contributed by atoms with Crippen LogP contribution in [0.25, 0.3) is 0 Å². The van der Waals surface area contributed by atoms with E-state index >= 15 is 0 Å². The molecule has 3 saturated heterocycles. The van der Waals surface area contributed by atoms with Gasteiger partial charge in [0.05, 0.1) is 0 Å². The molecule has 3 rings (SSSR count). The van der Waals surface area contributed by atoms with Gasteiger partial charge in [0.2, 0.25) is 5.60 Å². The van der Waals surface area contributed by atoms with E-state index in [4.69, 9.17) is 4.74 Å². The standard InChI is InChI=1S/C15H23NO4/c1-3-7-15(19,13(17)4-2)14(18)20-12-10-16-8-5-11(12)6-9-16/h11-13,17,19H,4-6,8-10H2,1-2H3. The third-order valence-electron chi connectivity index (χ3n) is 4.35. The fourth-order valence-corrected chi connectivity index (χ4v) is 3.03. The Balaban J connectivity index is 2.07. The minimum absolute atomic E-state index is 0.195. The zero-order valence-corrected chi connectivity index (χ0v) is 12.1. The van der Waals surface area contributed by atoms with Gasteiger partial charge in [-0.1, -0.05) is 12.8 Å². The molecule has 0 amide bonds. The number of hydrogen-bond donors (Lipinski definition) is 2. The molecule has 3 aliphatic heterocycles. The first-order chi connectivity index (χ1) is 9.51. The summed E-state index contributed by atoms with van der Waals surface area (Å²) in [5, 5.41) is 20.2. The molecule has 3 aliphatic rings. The van der Waals surface area contributed by atoms with E-state index in [0.717, 1.165) is 25.9 Å². The molecule has 0 spiro atoms. The first-order valence-electron chi connectivity index (χ1n) is 7.29. The lowest BCUT2D eigenvalue weighted by Gasteiger charge is -2.44. The van der Waals surface area contributed by atoms with E-state index in [-0.39, 0.29) is 12.5 Å². The van der Waals surface area contributed by atoms with Gasteiger partial charge in [-0.25, -0.2) is 4.79 Å². The zero-order valence-electron chi connectivity index (χ0n) is 12.1. The first kappa shape index (κ1) is 15.3. The van der Waals surface area contributed by atoms with Gasteiger partial charge in [-0.3, -0.25) is 4.90 Å². The van der Waals surface area contributed by atoms with E-state index in [9.17, 15) is 15.0 Å². The third-order valence-corrected chi connectivity index (χ3v) is 4.35. The molecule has 0 aromatic heterocycles. The Labute approximate surface area is 119 Å². The van der Waals surface area contributed by atoms with Crippen LogP contribution in [0.4, 0.5) is 0 Å². The van der Waals surface area contributed by atoms with E-state index < -0.39 is 17.7 Å². The maximum Gasteiger partial charge on any atom is 0.354 e. The van der Waals surface area contributed by atoms with E-state index in [2.05, 4.69) is 16.7 Å². The fourth-order valence-electron chi connectivity index (χ4n) is 3.03. The van der Waals surface area contributed by atoms with Crippen LogP contribution in [-0.2, 0) is 9.53 Å². The second-order valence-electron chi connectivity index (χ2n) is 5.65. The molecule has 0 radical (unpaired) electrons. The average molecular weight is 281 g/mol. The summed E-state index contributed by atoms with van der Waals surface area (Å²) in [6.07, 6.45) is 0.849. The highest BCUT2D eigenvalue weighted by molar-refractivity contribution is 5.84. The van der Waals surface area contributed by atoms with E-state index in [0.29, 0.717) is 12.5 Å². The topological polar surface area (TPSA) is 70.0 Å². The average Bonchev–Trinajstić information content (AvgIpc) is 2.47. The molecule has 0 aromatic rings. The van der Waals surface area contributed by atoms with Crippen molar-refractivity contribution in [2.75, 3.05) is 19.6 Å². The molecule has 0 saturated carbocycles. The number of carbonyl (C=O) groups excluding carboxylic acids is 1. The van der Waals surface area contributed by atoms with E-state index in [1.807, 2.05) is 0 Å². The largest absolute Gasteiger partial charge is 0.458 e. The maximum absolute atomic E-state index is 12.2. The summed E-state index contributed by atoms with van der Waals surface area (Å²) < 4.78 is 5.47. The summed E-state index contributed by atoms with van der Waals surface area (Å²) >= 11 is 0. The van der Waals surface area contributed by atoms with Crippen molar-refractivity contribution in [1.29, 1.82) is 0 Å². The van der Waals surface area contributed by atoms with Gasteiger partial charge in [0.25, 0.3) is 0 Å². The monoisotopic (exact) mass is 281 g/mol. The number of esters is 1. The summed E-state index contributed by atoms with van der Waals surface area (Å²) in [5.41, 5.74) is -2.12. The van der Waals surface area contributed by atoms with Crippen molar-refractivity contribution in [3.05, 3.63) is 0 Å². The molecule has 2 N–H and O–H groups in total. The third kappa shape index (κ3) is 2.83. The van der Waals surface area contributed by atoms with Crippen molar-refractivity contribution in [1.82, 2.24) is 4.90 Å². The van der Waals surface area contributed by atoms with Gasteiger partial charge < -0.3 is 14.9 Å². The molecule has 3 atom stereocenters. The Morgan fingerprint density at radius 1 is 1.50 bits per heavy atom. The lowest BCUT2D eigenvalue weighted by molar-refractivity contribution is -0.183. The Morgan fingerprint density at radius 3 is 2.60 bits per heavy atom. The van der Waals surface area contributed by atoms with Crippen LogP contribution < -0.4 is 0 Å². The number of hydrogen-bond acceptors (Lipinski definition) is 5. The predicted molar refractivity (Wildman–Crippen MR) is 73.7 cm³/mol. The highest BCUT2D eigenvalue weighted by Gasteiger charge is 2.46. The Hall–Kier alpha value is -1.09. The van der Waals surface area contributed by atoms with E-state index in [1.54, 1.807) is 6.92 Å². The lowest BCUT2D eigenvalue weighted by atomic mass is 9.85. The number of nitrogens with zero attached hydrogens (tertiary/aromatic N) is 1. The van der Waals surface area contributed by atoms with Crippen LogP contribution in [0.1, 0.15) is 33.1 Å². The number of carbonyl (C=O) groups is 1. The molecule has 3 heterocycles. The molecular formula is C15H23NO4. The zero-order chi connectivity index (χ0) is 14.8. The van der Waals surface area contributed by atoms with Crippen LogP contribution >= 0.6 is 0 Å². The van der Waals surface area contributed by atoms with Gasteiger partial charge in [0, 0.05) is 6.54 Å². The molecule has 3 fully saturated rings. The Morgan fingerprint density at radius 2 is 2.15 bits per heavy atom. The maximum atomic E-state index is 12.2. The predicted octanol–water partition coefficient (Wildman–Crippen LogP) is 0.149. The van der Waals surface area contributed by atoms with Gasteiger partial charge in [-0.15, -0.1) is 5.92 Å². The molecule has 2 bridgehead atoms. The number of fused-ring (bicyclic) bond motifs is 3. The summed E-state index contributed by atoms with van der Waals surface area (Å²) in [4.78, 5) is 14.5. The molecule has 5 nitrogen and oxygen atoms in total. The van der Waals surface area contributed by atoms with Gasteiger partial charge in [-0.05, 0) is 45.2 Å². The fraction of sp³-hybridized carbons (Fsp3) is 0.800. The molecule has 5 heteroatoms. The molecule has 112 valence electrons. The SMILES string of the molecule is CC#CC(O)(C(=O)OC1CN2CCC1CC2)C(O)CC. The van der Waals surface area contributed by atoms with Crippen molar-refractivity contribution in [3.8, 4) is 11.8 Å². The number of piperidine rings is 3. The first-order valence-corrected chi connectivity index (χ1v) is 7.29. The van der Waals surface area contributed by atoms with Crippen molar-refractivity contribution in [2.24, 2.45) is 5.92 Å². The van der Waals surface area contributed by atoms with Crippen LogP contribution in [0.15, 0.2) is 0 Å². The molecule has 0 aliphatic carbocycles. The number of aliphatic hydroxyl groups excluding tert-OH is 1. The smallest absolute Gasteiger partial charge is 0.354 e. The van der Waals surface area contributed by atoms with Crippen molar-refractivity contribution in [2.45, 2.75) is 50.9 Å². The van der Waals surface area contributed by atoms with Gasteiger partial charge >= 0.3 is 5.97 Å². The molecular weight excluding hydrogens is 258 g/mol. The minimum atomic E-state index is -2.12. The molecule has 20 heavy (non-hydrogen) atoms. The Kier molecular flexibility index (Phi) is 4.69. The van der Waals surface area contributed by atoms with Crippen LogP contribution in [-0.4, -0.2) is 58.5 Å². The van der Waals surface area contributed by atoms with Crippen molar-refractivity contribution >= 4 is 5.97 Å². The summed E-state index contributed by atoms with van der Waals surface area (Å²) in [7, 11) is 0. The van der Waals surface area contributed by atoms with Crippen LogP contribution in [0, 0.1) is 17.8 Å². The molecule has 0 aromatic carbocycles. The highest BCUT2D eigenvalue weighted by Crippen LogP contribution is 2.30. The number of aliphatic hydroxyl groups is 2. The minimum Gasteiger partial charge on any atom is -0.458 e. The summed E-state index contributed by atoms with van der Waals surface area (Å²) in [6.45, 7) is 6.03. The second kappa shape index (κ2) is 6.13. The van der Waals surface area contributed by atoms with Crippen LogP contribution in [0.5, 0.6) is 0 Å². The number of rotatable bonds is 4.